The van der Waals surface area contributed by atoms with E-state index < -0.39 is 0 Å². The number of fused-ring (bicyclic) bond motifs is 1. The maximum atomic E-state index is 14.0. The zero-order valence-electron chi connectivity index (χ0n) is 16.1. The molecule has 29 heavy (non-hydrogen) atoms. The van der Waals surface area contributed by atoms with Crippen molar-refractivity contribution < 1.29 is 9.18 Å². The summed E-state index contributed by atoms with van der Waals surface area (Å²) in [6, 6.07) is 10.3. The van der Waals surface area contributed by atoms with E-state index in [0.29, 0.717) is 23.7 Å². The Bertz CT molecular complexity index is 1160. The fourth-order valence-corrected chi connectivity index (χ4v) is 2.88. The van der Waals surface area contributed by atoms with Gasteiger partial charge in [0.2, 0.25) is 5.91 Å². The number of rotatable bonds is 6. The summed E-state index contributed by atoms with van der Waals surface area (Å²) < 4.78 is 17.3. The second-order valence-corrected chi connectivity index (χ2v) is 6.83. The molecule has 0 fully saturated rings. The number of amides is 1. The van der Waals surface area contributed by atoms with Crippen LogP contribution in [0.3, 0.4) is 0 Å². The summed E-state index contributed by atoms with van der Waals surface area (Å²) in [6.07, 6.45) is 5.13. The number of carbonyl (C=O) groups is 1. The van der Waals surface area contributed by atoms with E-state index in [-0.39, 0.29) is 18.3 Å². The van der Waals surface area contributed by atoms with Crippen LogP contribution in [0.5, 0.6) is 0 Å². The van der Waals surface area contributed by atoms with Gasteiger partial charge in [0.25, 0.3) is 0 Å². The first kappa shape index (κ1) is 18.6. The number of halogens is 1. The quantitative estimate of drug-likeness (QED) is 0.545. The van der Waals surface area contributed by atoms with Crippen molar-refractivity contribution in [3.8, 4) is 0 Å². The van der Waals surface area contributed by atoms with Crippen molar-refractivity contribution >= 4 is 28.4 Å². The van der Waals surface area contributed by atoms with Gasteiger partial charge in [-0.3, -0.25) is 14.2 Å². The third-order valence-electron chi connectivity index (χ3n) is 4.50. The molecule has 0 bridgehead atoms. The third kappa shape index (κ3) is 4.08. The number of nitrogens with one attached hydrogen (secondary N) is 1. The minimum absolute atomic E-state index is 0.0451. The fraction of sp³-hybridized carbons (Fsp3) is 0.200. The van der Waals surface area contributed by atoms with Crippen molar-refractivity contribution in [2.45, 2.75) is 13.1 Å². The van der Waals surface area contributed by atoms with Gasteiger partial charge in [-0.05, 0) is 6.07 Å². The van der Waals surface area contributed by atoms with E-state index in [1.54, 1.807) is 66.3 Å². The first-order valence-corrected chi connectivity index (χ1v) is 9.05. The molecule has 148 valence electrons. The number of anilines is 2. The van der Waals surface area contributed by atoms with E-state index in [9.17, 15) is 9.18 Å². The summed E-state index contributed by atoms with van der Waals surface area (Å²) >= 11 is 0. The standard InChI is InChI=1S/C20H20FN7O/c1-26(2)20(29)13-27-8-7-18(25-27)24-19-9-17-15(10-22-19)11-23-28(17)12-14-5-3-4-6-16(14)21/h3-11H,12-13H2,1-2H3,(H,22,24,25). The molecule has 9 heteroatoms. The van der Waals surface area contributed by atoms with Gasteiger partial charge in [0.1, 0.15) is 18.2 Å². The monoisotopic (exact) mass is 393 g/mol. The average molecular weight is 393 g/mol. The molecule has 4 aromatic rings. The van der Waals surface area contributed by atoms with Crippen LogP contribution < -0.4 is 5.32 Å². The molecule has 0 atom stereocenters. The number of likely N-dealkylation sites (N-methyl/N-ethyl adjacent to an activating group) is 1. The highest BCUT2D eigenvalue weighted by Gasteiger charge is 2.10. The van der Waals surface area contributed by atoms with Gasteiger partial charge >= 0.3 is 0 Å². The Morgan fingerprint density at radius 1 is 1.17 bits per heavy atom. The Morgan fingerprint density at radius 2 is 2.00 bits per heavy atom. The van der Waals surface area contributed by atoms with Crippen LogP contribution in [0.4, 0.5) is 16.0 Å². The van der Waals surface area contributed by atoms with E-state index in [1.165, 1.54) is 11.0 Å². The molecular weight excluding hydrogens is 373 g/mol. The Kier molecular flexibility index (Phi) is 4.94. The Labute approximate surface area is 166 Å². The first-order chi connectivity index (χ1) is 14.0. The van der Waals surface area contributed by atoms with E-state index in [1.807, 2.05) is 6.07 Å². The lowest BCUT2D eigenvalue weighted by atomic mass is 10.2. The molecule has 1 aromatic carbocycles. The normalized spacial score (nSPS) is 11.0. The fourth-order valence-electron chi connectivity index (χ4n) is 2.88. The molecular formula is C20H20FN7O. The van der Waals surface area contributed by atoms with Crippen LogP contribution in [0.15, 0.2) is 55.0 Å². The van der Waals surface area contributed by atoms with Crippen molar-refractivity contribution in [1.29, 1.82) is 0 Å². The average Bonchev–Trinajstić information content (AvgIpc) is 3.30. The molecule has 0 radical (unpaired) electrons. The van der Waals surface area contributed by atoms with Gasteiger partial charge in [-0.2, -0.15) is 10.2 Å². The maximum Gasteiger partial charge on any atom is 0.243 e. The zero-order valence-corrected chi connectivity index (χ0v) is 16.1. The molecule has 1 N–H and O–H groups in total. The summed E-state index contributed by atoms with van der Waals surface area (Å²) in [4.78, 5) is 17.7. The van der Waals surface area contributed by atoms with E-state index in [2.05, 4.69) is 20.5 Å². The molecule has 1 amide bonds. The summed E-state index contributed by atoms with van der Waals surface area (Å²) in [7, 11) is 3.41. The molecule has 4 rings (SSSR count). The van der Waals surface area contributed by atoms with Gasteiger partial charge in [0.05, 0.1) is 18.3 Å². The second kappa shape index (κ2) is 7.70. The highest BCUT2D eigenvalue weighted by atomic mass is 19.1. The van der Waals surface area contributed by atoms with Crippen molar-refractivity contribution in [3.05, 3.63) is 66.4 Å². The molecule has 0 saturated carbocycles. The molecule has 0 unspecified atom stereocenters. The zero-order chi connectivity index (χ0) is 20.4. The molecule has 0 aliphatic heterocycles. The lowest BCUT2D eigenvalue weighted by molar-refractivity contribution is -0.129. The van der Waals surface area contributed by atoms with Gasteiger partial charge in [-0.25, -0.2) is 9.37 Å². The molecule has 0 spiro atoms. The van der Waals surface area contributed by atoms with Crippen LogP contribution in [0.1, 0.15) is 5.56 Å². The molecule has 3 heterocycles. The predicted octanol–water partition coefficient (Wildman–Crippen LogP) is 2.65. The Morgan fingerprint density at radius 3 is 2.79 bits per heavy atom. The summed E-state index contributed by atoms with van der Waals surface area (Å²) in [6.45, 7) is 0.484. The summed E-state index contributed by atoms with van der Waals surface area (Å²) in [5.74, 6) is 0.846. The van der Waals surface area contributed by atoms with Gasteiger partial charge < -0.3 is 10.2 Å². The number of hydrogen-bond acceptors (Lipinski definition) is 5. The van der Waals surface area contributed by atoms with Crippen molar-refractivity contribution in [3.63, 3.8) is 0 Å². The van der Waals surface area contributed by atoms with Crippen LogP contribution in [-0.4, -0.2) is 49.4 Å². The van der Waals surface area contributed by atoms with Crippen LogP contribution in [0, 0.1) is 5.82 Å². The van der Waals surface area contributed by atoms with E-state index in [0.717, 1.165) is 10.9 Å². The van der Waals surface area contributed by atoms with Crippen LogP contribution in [-0.2, 0) is 17.9 Å². The number of nitrogens with zero attached hydrogens (tertiary/aromatic N) is 6. The van der Waals surface area contributed by atoms with Crippen LogP contribution in [0.25, 0.3) is 10.9 Å². The second-order valence-electron chi connectivity index (χ2n) is 6.83. The van der Waals surface area contributed by atoms with Gasteiger partial charge in [0.15, 0.2) is 5.82 Å². The summed E-state index contributed by atoms with van der Waals surface area (Å²) in [5.41, 5.74) is 1.39. The van der Waals surface area contributed by atoms with Crippen molar-refractivity contribution in [2.24, 2.45) is 0 Å². The number of carbonyl (C=O) groups excluding carboxylic acids is 1. The minimum Gasteiger partial charge on any atom is -0.347 e. The SMILES string of the molecule is CN(C)C(=O)Cn1ccc(Nc2cc3c(cn2)cnn3Cc2ccccc2F)n1. The third-order valence-corrected chi connectivity index (χ3v) is 4.50. The summed E-state index contributed by atoms with van der Waals surface area (Å²) in [5, 5.41) is 12.7. The van der Waals surface area contributed by atoms with Gasteiger partial charge in [-0.15, -0.1) is 0 Å². The molecule has 0 saturated heterocycles. The lowest BCUT2D eigenvalue weighted by Crippen LogP contribution is -2.26. The minimum atomic E-state index is -0.263. The van der Waals surface area contributed by atoms with Gasteiger partial charge in [0, 0.05) is 49.6 Å². The highest BCUT2D eigenvalue weighted by molar-refractivity contribution is 5.81. The molecule has 0 aliphatic carbocycles. The van der Waals surface area contributed by atoms with Gasteiger partial charge in [-0.1, -0.05) is 18.2 Å². The smallest absolute Gasteiger partial charge is 0.243 e. The first-order valence-electron chi connectivity index (χ1n) is 9.05. The number of benzene rings is 1. The molecule has 0 aliphatic rings. The Balaban J connectivity index is 1.54. The number of hydrogen-bond donors (Lipinski definition) is 1. The van der Waals surface area contributed by atoms with Crippen LogP contribution in [0.2, 0.25) is 0 Å². The van der Waals surface area contributed by atoms with Crippen molar-refractivity contribution in [1.82, 2.24) is 29.4 Å². The predicted molar refractivity (Wildman–Crippen MR) is 107 cm³/mol. The maximum absolute atomic E-state index is 14.0. The van der Waals surface area contributed by atoms with Crippen LogP contribution >= 0.6 is 0 Å². The molecule has 8 nitrogen and oxygen atoms in total. The largest absolute Gasteiger partial charge is 0.347 e. The highest BCUT2D eigenvalue weighted by Crippen LogP contribution is 2.20. The van der Waals surface area contributed by atoms with E-state index >= 15 is 0 Å². The molecule has 3 aromatic heterocycles. The lowest BCUT2D eigenvalue weighted by Gasteiger charge is -2.09. The topological polar surface area (TPSA) is 80.9 Å². The van der Waals surface area contributed by atoms with E-state index in [4.69, 9.17) is 0 Å². The Hall–Kier alpha value is -3.75. The number of pyridine rings is 1. The number of aromatic nitrogens is 5. The van der Waals surface area contributed by atoms with Crippen molar-refractivity contribution in [2.75, 3.05) is 19.4 Å².